The highest BCUT2D eigenvalue weighted by atomic mass is 32.2. The van der Waals surface area contributed by atoms with Crippen molar-refractivity contribution in [3.63, 3.8) is 0 Å². The lowest BCUT2D eigenvalue weighted by Gasteiger charge is -2.33. The Balaban J connectivity index is 1.10. The number of carbonyl (C=O) groups is 1. The predicted molar refractivity (Wildman–Crippen MR) is 174 cm³/mol. The quantitative estimate of drug-likeness (QED) is 0.232. The van der Waals surface area contributed by atoms with Crippen LogP contribution in [0.15, 0.2) is 41.3 Å². The number of hydrogen-bond acceptors (Lipinski definition) is 10. The number of ether oxygens (including phenoxy) is 3. The Labute approximate surface area is 282 Å². The van der Waals surface area contributed by atoms with Gasteiger partial charge in [-0.05, 0) is 79.8 Å². The summed E-state index contributed by atoms with van der Waals surface area (Å²) in [4.78, 5) is 17.9. The zero-order valence-corrected chi connectivity index (χ0v) is 28.3. The number of aromatic nitrogens is 1. The summed E-state index contributed by atoms with van der Waals surface area (Å²) in [5.41, 5.74) is 0.856. The van der Waals surface area contributed by atoms with Crippen molar-refractivity contribution in [2.24, 2.45) is 17.8 Å². The highest BCUT2D eigenvalue weighted by molar-refractivity contribution is 7.89. The van der Waals surface area contributed by atoms with E-state index in [1.165, 1.54) is 21.7 Å². The van der Waals surface area contributed by atoms with Gasteiger partial charge in [0.2, 0.25) is 10.0 Å². The largest absolute Gasteiger partial charge is 0.443 e. The Bertz CT molecular complexity index is 1750. The number of carbonyl (C=O) groups excluding carboxylic acids is 1. The lowest BCUT2D eigenvalue weighted by Crippen LogP contribution is -2.52. The average Bonchev–Trinajstić information content (AvgIpc) is 3.42. The molecule has 2 aromatic carbocycles. The molecular formula is C33H40F2N4O7S2. The number of nitrogens with zero attached hydrogens (tertiary/aromatic N) is 2. The second kappa shape index (κ2) is 13.4. The first-order valence-corrected chi connectivity index (χ1v) is 18.7. The summed E-state index contributed by atoms with van der Waals surface area (Å²) >= 11 is 1.38. The number of aliphatic hydroxyl groups is 1. The molecule has 2 saturated heterocycles. The van der Waals surface area contributed by atoms with Gasteiger partial charge < -0.3 is 30.0 Å². The third-order valence-corrected chi connectivity index (χ3v) is 12.2. The topological polar surface area (TPSA) is 139 Å². The fourth-order valence-corrected chi connectivity index (χ4v) is 9.67. The molecule has 48 heavy (non-hydrogen) atoms. The van der Waals surface area contributed by atoms with Crippen LogP contribution in [-0.2, 0) is 30.7 Å². The van der Waals surface area contributed by atoms with Crippen LogP contribution in [0.25, 0.3) is 10.2 Å². The number of aliphatic hydroxyl groups excluding tert-OH is 1. The third kappa shape index (κ3) is 7.31. The molecule has 4 fully saturated rings. The Morgan fingerprint density at radius 1 is 1.15 bits per heavy atom. The second-order valence-corrected chi connectivity index (χ2v) is 16.8. The average molecular weight is 707 g/mol. The molecule has 15 heteroatoms. The van der Waals surface area contributed by atoms with Crippen LogP contribution in [0.2, 0.25) is 0 Å². The van der Waals surface area contributed by atoms with E-state index in [9.17, 15) is 27.1 Å². The van der Waals surface area contributed by atoms with Crippen LogP contribution in [0.5, 0.6) is 0 Å². The highest BCUT2D eigenvalue weighted by Gasteiger charge is 2.54. The van der Waals surface area contributed by atoms with Gasteiger partial charge in [-0.15, -0.1) is 0 Å². The maximum atomic E-state index is 14.2. The van der Waals surface area contributed by atoms with Crippen LogP contribution >= 0.6 is 11.3 Å². The van der Waals surface area contributed by atoms with Crippen LogP contribution in [-0.4, -0.2) is 85.3 Å². The minimum absolute atomic E-state index is 0.0473. The minimum atomic E-state index is -4.13. The van der Waals surface area contributed by atoms with Crippen molar-refractivity contribution < 1.29 is 41.3 Å². The number of fused-ring (bicyclic) bond motifs is 2. The lowest BCUT2D eigenvalue weighted by molar-refractivity contribution is -0.147. The second-order valence-electron chi connectivity index (χ2n) is 13.8. The van der Waals surface area contributed by atoms with Gasteiger partial charge in [0.05, 0.1) is 40.0 Å². The molecule has 1 amide bonds. The first-order valence-electron chi connectivity index (χ1n) is 16.5. The first kappa shape index (κ1) is 33.5. The molecule has 3 heterocycles. The summed E-state index contributed by atoms with van der Waals surface area (Å²) in [6.45, 7) is 3.93. The Hall–Kier alpha value is -2.95. The predicted octanol–water partition coefficient (Wildman–Crippen LogP) is 4.64. The van der Waals surface area contributed by atoms with Crippen molar-refractivity contribution in [3.05, 3.63) is 53.6 Å². The summed E-state index contributed by atoms with van der Waals surface area (Å²) < 4.78 is 75.8. The maximum absolute atomic E-state index is 14.2. The monoisotopic (exact) mass is 706 g/mol. The fourth-order valence-electron chi connectivity index (χ4n) is 6.97. The third-order valence-electron chi connectivity index (χ3n) is 9.46. The molecule has 2 aliphatic heterocycles. The molecule has 0 spiro atoms. The van der Waals surface area contributed by atoms with Gasteiger partial charge in [-0.1, -0.05) is 25.2 Å². The van der Waals surface area contributed by atoms with Gasteiger partial charge in [0, 0.05) is 31.1 Å². The van der Waals surface area contributed by atoms with Crippen molar-refractivity contribution in [1.82, 2.24) is 14.6 Å². The molecule has 260 valence electrons. The Morgan fingerprint density at radius 3 is 2.65 bits per heavy atom. The normalized spacial score (nSPS) is 26.3. The Morgan fingerprint density at radius 2 is 1.92 bits per heavy atom. The zero-order valence-electron chi connectivity index (χ0n) is 26.7. The van der Waals surface area contributed by atoms with E-state index in [2.05, 4.69) is 15.6 Å². The summed E-state index contributed by atoms with van der Waals surface area (Å²) in [7, 11) is -4.13. The summed E-state index contributed by atoms with van der Waals surface area (Å²) in [5.74, 6) is -1.24. The van der Waals surface area contributed by atoms with Crippen LogP contribution < -0.4 is 10.6 Å². The van der Waals surface area contributed by atoms with Crippen LogP contribution in [0.4, 0.5) is 18.7 Å². The molecule has 4 unspecified atom stereocenters. The van der Waals surface area contributed by atoms with Gasteiger partial charge in [0.15, 0.2) is 11.4 Å². The number of halogens is 2. The molecule has 4 aliphatic rings. The van der Waals surface area contributed by atoms with Crippen LogP contribution in [0, 0.1) is 29.4 Å². The minimum Gasteiger partial charge on any atom is -0.443 e. The smallest absolute Gasteiger partial charge is 0.407 e. The molecule has 0 radical (unpaired) electrons. The highest BCUT2D eigenvalue weighted by Crippen LogP contribution is 2.47. The van der Waals surface area contributed by atoms with E-state index >= 15 is 0 Å². The zero-order chi connectivity index (χ0) is 33.7. The van der Waals surface area contributed by atoms with E-state index in [4.69, 9.17) is 14.2 Å². The van der Waals surface area contributed by atoms with Gasteiger partial charge in [-0.25, -0.2) is 27.0 Å². The van der Waals surface area contributed by atoms with Crippen molar-refractivity contribution in [1.29, 1.82) is 0 Å². The first-order chi connectivity index (χ1) is 22.9. The van der Waals surface area contributed by atoms with Crippen molar-refractivity contribution in [2.75, 3.05) is 25.0 Å². The van der Waals surface area contributed by atoms with Gasteiger partial charge in [-0.3, -0.25) is 0 Å². The molecule has 2 bridgehead atoms. The van der Waals surface area contributed by atoms with Gasteiger partial charge in [0.25, 0.3) is 0 Å². The number of benzene rings is 2. The summed E-state index contributed by atoms with van der Waals surface area (Å²) in [6.07, 6.45) is -0.171. The van der Waals surface area contributed by atoms with Crippen LogP contribution in [0.1, 0.15) is 45.1 Å². The summed E-state index contributed by atoms with van der Waals surface area (Å²) in [6, 6.07) is 6.95. The maximum Gasteiger partial charge on any atom is 0.407 e. The Kier molecular flexibility index (Phi) is 9.36. The molecule has 7 rings (SSSR count). The molecule has 1 aromatic heterocycles. The standard InChI is InChI=1S/C33H40F2N4O7S2/c1-17(2)14-39(48(42,43)23-5-6-25-30(12-23)47-32(37-25)36-22-3-4-22)15-27(40)26(9-18-7-20(34)11-21(35)8-18)38-33(41)46-28-10-19-16-44-31-24(19)13-29(28)45-31/h5-8,11-12,17,19,22,24,26-29,31,40H,3-4,9-10,13-16H2,1-2H3,(H,36,37)(H,38,41)/t19?,24?,26-,27+,28-,29?,31?/m0/s1. The molecule has 11 nitrogen and oxygen atoms in total. The van der Waals surface area contributed by atoms with Gasteiger partial charge in [-0.2, -0.15) is 4.31 Å². The van der Waals surface area contributed by atoms with Crippen LogP contribution in [0.3, 0.4) is 0 Å². The molecule has 3 N–H and O–H groups in total. The number of amides is 1. The number of thiazole rings is 1. The van der Waals surface area contributed by atoms with Crippen molar-refractivity contribution >= 4 is 42.8 Å². The molecule has 2 aliphatic carbocycles. The number of alkyl carbamates (subject to hydrolysis) is 1. The molecular weight excluding hydrogens is 667 g/mol. The van der Waals surface area contributed by atoms with Gasteiger partial charge >= 0.3 is 6.09 Å². The number of nitrogens with one attached hydrogen (secondary N) is 2. The molecule has 2 saturated carbocycles. The van der Waals surface area contributed by atoms with Crippen molar-refractivity contribution in [2.45, 2.75) is 87.5 Å². The fraction of sp³-hybridized carbons (Fsp3) is 0.576. The van der Waals surface area contributed by atoms with E-state index in [0.29, 0.717) is 29.3 Å². The van der Waals surface area contributed by atoms with E-state index in [1.807, 2.05) is 13.8 Å². The lowest BCUT2D eigenvalue weighted by atomic mass is 9.80. The number of sulfonamides is 1. The van der Waals surface area contributed by atoms with E-state index < -0.39 is 52.5 Å². The van der Waals surface area contributed by atoms with Crippen molar-refractivity contribution in [3.8, 4) is 0 Å². The van der Waals surface area contributed by atoms with E-state index in [0.717, 1.165) is 42.6 Å². The van der Waals surface area contributed by atoms with E-state index in [1.54, 1.807) is 12.1 Å². The molecule has 3 aromatic rings. The summed E-state index contributed by atoms with van der Waals surface area (Å²) in [5, 5.41) is 18.3. The number of anilines is 1. The SMILES string of the molecule is CC(C)CN(C[C@@H](O)[C@H](Cc1cc(F)cc(F)c1)NC(=O)O[C@H]1CC2COC3OC1CC23)S(=O)(=O)c1ccc2nc(NC3CC3)sc2c1. The van der Waals surface area contributed by atoms with E-state index in [-0.39, 0.29) is 53.6 Å². The number of rotatable bonds is 13. The molecule has 7 atom stereocenters. The number of hydrogen-bond donors (Lipinski definition) is 3. The van der Waals surface area contributed by atoms with Gasteiger partial charge in [0.1, 0.15) is 17.7 Å².